The van der Waals surface area contributed by atoms with Crippen molar-refractivity contribution in [1.29, 1.82) is 0 Å². The van der Waals surface area contributed by atoms with Crippen LogP contribution in [-0.4, -0.2) is 66.3 Å². The fourth-order valence-corrected chi connectivity index (χ4v) is 5.71. The van der Waals surface area contributed by atoms with Gasteiger partial charge in [0.15, 0.2) is 0 Å². The molecule has 34 heavy (non-hydrogen) atoms. The summed E-state index contributed by atoms with van der Waals surface area (Å²) in [5.74, 6) is -0.0166. The summed E-state index contributed by atoms with van der Waals surface area (Å²) >= 11 is 0. The molecule has 2 aliphatic heterocycles. The summed E-state index contributed by atoms with van der Waals surface area (Å²) in [5.41, 5.74) is 2.22. The number of piperidine rings is 1. The molecule has 2 heterocycles. The third-order valence-corrected chi connectivity index (χ3v) is 6.78. The molecule has 0 unspecified atom stereocenters. The molecule has 8 heteroatoms. The van der Waals surface area contributed by atoms with Crippen LogP contribution in [0.2, 0.25) is 0 Å². The van der Waals surface area contributed by atoms with Crippen molar-refractivity contribution in [2.75, 3.05) is 43.9 Å². The molecule has 2 aromatic rings. The lowest BCUT2D eigenvalue weighted by molar-refractivity contribution is -0.122. The second kappa shape index (κ2) is 9.95. The minimum absolute atomic E-state index is 0.0438. The molecule has 0 saturated carbocycles. The third-order valence-electron chi connectivity index (χ3n) is 6.78. The highest BCUT2D eigenvalue weighted by molar-refractivity contribution is 5.93. The van der Waals surface area contributed by atoms with Gasteiger partial charge in [0.2, 0.25) is 17.7 Å². The molecule has 3 atom stereocenters. The van der Waals surface area contributed by atoms with E-state index in [-0.39, 0.29) is 36.2 Å². The van der Waals surface area contributed by atoms with Crippen LogP contribution in [0.5, 0.6) is 0 Å². The lowest BCUT2D eigenvalue weighted by Crippen LogP contribution is -2.64. The topological polar surface area (TPSA) is 93.8 Å². The van der Waals surface area contributed by atoms with E-state index in [1.807, 2.05) is 6.07 Å². The van der Waals surface area contributed by atoms with Crippen molar-refractivity contribution in [3.05, 3.63) is 60.2 Å². The van der Waals surface area contributed by atoms with Crippen molar-refractivity contribution in [3.8, 4) is 0 Å². The van der Waals surface area contributed by atoms with Crippen molar-refractivity contribution in [2.24, 2.45) is 5.92 Å². The number of carbonyl (C=O) groups is 3. The van der Waals surface area contributed by atoms with Crippen molar-refractivity contribution in [3.63, 3.8) is 0 Å². The molecule has 2 aliphatic rings. The maximum atomic E-state index is 12.8. The van der Waals surface area contributed by atoms with Gasteiger partial charge < -0.3 is 16.0 Å². The Balaban J connectivity index is 1.44. The molecule has 0 spiro atoms. The molecule has 0 bridgehead atoms. The number of hydrogen-bond acceptors (Lipinski definition) is 5. The number of likely N-dealkylation sites (tertiary alicyclic amines) is 2. The zero-order chi connectivity index (χ0) is 24.3. The molecule has 180 valence electrons. The lowest BCUT2D eigenvalue weighted by Gasteiger charge is -2.45. The summed E-state index contributed by atoms with van der Waals surface area (Å²) in [5, 5.41) is 8.92. The number of amides is 3. The second-order valence-corrected chi connectivity index (χ2v) is 9.52. The zero-order valence-electron chi connectivity index (χ0n) is 20.0. The standard InChI is InChI=1S/C26H33N5O3/c1-18(32)27-21-9-11-22(12-10-21)28-24(34)15-31-14-13-23-25(20-7-5-4-6-8-20)30(3)16-26(23,17-31)29-19(2)33/h4-12,23,25H,13-17H2,1-3H3,(H,27,32)(H,28,34)(H,29,33)/t23-,25-,26+/m1/s1. The molecule has 2 aromatic carbocycles. The number of rotatable bonds is 6. The van der Waals surface area contributed by atoms with Crippen LogP contribution in [0.3, 0.4) is 0 Å². The first-order chi connectivity index (χ1) is 16.3. The van der Waals surface area contributed by atoms with Gasteiger partial charge >= 0.3 is 0 Å². The first-order valence-electron chi connectivity index (χ1n) is 11.7. The maximum absolute atomic E-state index is 12.8. The molecule has 3 amide bonds. The molecular weight excluding hydrogens is 430 g/mol. The van der Waals surface area contributed by atoms with Crippen molar-refractivity contribution in [1.82, 2.24) is 15.1 Å². The number of benzene rings is 2. The summed E-state index contributed by atoms with van der Waals surface area (Å²) in [7, 11) is 2.11. The molecule has 0 radical (unpaired) electrons. The first kappa shape index (κ1) is 23.9. The lowest BCUT2D eigenvalue weighted by atomic mass is 9.75. The highest BCUT2D eigenvalue weighted by atomic mass is 16.2. The number of nitrogens with one attached hydrogen (secondary N) is 3. The number of likely N-dealkylation sites (N-methyl/N-ethyl adjacent to an activating group) is 1. The van der Waals surface area contributed by atoms with Crippen LogP contribution >= 0.6 is 0 Å². The minimum atomic E-state index is -0.403. The van der Waals surface area contributed by atoms with Crippen molar-refractivity contribution in [2.45, 2.75) is 31.8 Å². The summed E-state index contributed by atoms with van der Waals surface area (Å²) < 4.78 is 0. The highest BCUT2D eigenvalue weighted by Crippen LogP contribution is 2.46. The van der Waals surface area contributed by atoms with Crippen LogP contribution in [0.15, 0.2) is 54.6 Å². The number of nitrogens with zero attached hydrogens (tertiary/aromatic N) is 2. The largest absolute Gasteiger partial charge is 0.348 e. The Morgan fingerprint density at radius 1 is 0.912 bits per heavy atom. The van der Waals surface area contributed by atoms with Crippen molar-refractivity contribution < 1.29 is 14.4 Å². The van der Waals surface area contributed by atoms with E-state index >= 15 is 0 Å². The van der Waals surface area contributed by atoms with E-state index in [1.54, 1.807) is 31.2 Å². The summed E-state index contributed by atoms with van der Waals surface area (Å²) in [4.78, 5) is 40.6. The van der Waals surface area contributed by atoms with Crippen LogP contribution in [0, 0.1) is 5.92 Å². The molecule has 2 fully saturated rings. The SMILES string of the molecule is CC(=O)Nc1ccc(NC(=O)CN2CC[C@@H]3[C@@H](c4ccccc4)N(C)C[C@]3(NC(C)=O)C2)cc1. The van der Waals surface area contributed by atoms with Gasteiger partial charge in [-0.15, -0.1) is 0 Å². The first-order valence-corrected chi connectivity index (χ1v) is 11.7. The van der Waals surface area contributed by atoms with Crippen LogP contribution in [0.4, 0.5) is 11.4 Å². The predicted molar refractivity (Wildman–Crippen MR) is 132 cm³/mol. The van der Waals surface area contributed by atoms with Gasteiger partial charge in [0.25, 0.3) is 0 Å². The predicted octanol–water partition coefficient (Wildman–Crippen LogP) is 2.47. The summed E-state index contributed by atoms with van der Waals surface area (Å²) in [6, 6.07) is 17.7. The summed E-state index contributed by atoms with van der Waals surface area (Å²) in [6.07, 6.45) is 0.892. The summed E-state index contributed by atoms with van der Waals surface area (Å²) in [6.45, 7) is 5.42. The van der Waals surface area contributed by atoms with Gasteiger partial charge in [0.1, 0.15) is 0 Å². The third kappa shape index (κ3) is 5.29. The van der Waals surface area contributed by atoms with Gasteiger partial charge in [-0.25, -0.2) is 0 Å². The van der Waals surface area contributed by atoms with Crippen LogP contribution < -0.4 is 16.0 Å². The van der Waals surface area contributed by atoms with E-state index in [0.29, 0.717) is 17.9 Å². The smallest absolute Gasteiger partial charge is 0.238 e. The van der Waals surface area contributed by atoms with Crippen LogP contribution in [0.1, 0.15) is 31.9 Å². The average Bonchev–Trinajstić information content (AvgIpc) is 3.05. The molecule has 0 aromatic heterocycles. The van der Waals surface area contributed by atoms with E-state index < -0.39 is 5.54 Å². The van der Waals surface area contributed by atoms with E-state index in [0.717, 1.165) is 19.5 Å². The van der Waals surface area contributed by atoms with Gasteiger partial charge in [0.05, 0.1) is 12.1 Å². The number of hydrogen-bond donors (Lipinski definition) is 3. The fraction of sp³-hybridized carbons (Fsp3) is 0.423. The van der Waals surface area contributed by atoms with E-state index in [4.69, 9.17) is 0 Å². The van der Waals surface area contributed by atoms with Gasteiger partial charge in [-0.3, -0.25) is 24.2 Å². The zero-order valence-corrected chi connectivity index (χ0v) is 20.0. The molecule has 2 saturated heterocycles. The maximum Gasteiger partial charge on any atom is 0.238 e. The Morgan fingerprint density at radius 2 is 1.56 bits per heavy atom. The van der Waals surface area contributed by atoms with Gasteiger partial charge in [-0.2, -0.15) is 0 Å². The van der Waals surface area contributed by atoms with Gasteiger partial charge in [-0.1, -0.05) is 30.3 Å². The number of fused-ring (bicyclic) bond motifs is 1. The van der Waals surface area contributed by atoms with Crippen molar-refractivity contribution >= 4 is 29.1 Å². The fourth-order valence-electron chi connectivity index (χ4n) is 5.71. The van der Waals surface area contributed by atoms with E-state index in [9.17, 15) is 14.4 Å². The Bertz CT molecular complexity index is 1040. The molecule has 0 aliphatic carbocycles. The van der Waals surface area contributed by atoms with Gasteiger partial charge in [0, 0.05) is 50.3 Å². The monoisotopic (exact) mass is 463 g/mol. The minimum Gasteiger partial charge on any atom is -0.348 e. The molecule has 4 rings (SSSR count). The normalized spacial score (nSPS) is 24.8. The van der Waals surface area contributed by atoms with Crippen LogP contribution in [0.25, 0.3) is 0 Å². The number of anilines is 2. The Morgan fingerprint density at radius 3 is 2.18 bits per heavy atom. The molecular formula is C26H33N5O3. The van der Waals surface area contributed by atoms with E-state index in [2.05, 4.69) is 57.1 Å². The molecule has 3 N–H and O–H groups in total. The quantitative estimate of drug-likeness (QED) is 0.612. The van der Waals surface area contributed by atoms with Crippen LogP contribution in [-0.2, 0) is 14.4 Å². The second-order valence-electron chi connectivity index (χ2n) is 9.52. The average molecular weight is 464 g/mol. The van der Waals surface area contributed by atoms with E-state index in [1.165, 1.54) is 12.5 Å². The van der Waals surface area contributed by atoms with Gasteiger partial charge in [-0.05, 0) is 49.8 Å². The highest BCUT2D eigenvalue weighted by Gasteiger charge is 2.54. The Labute approximate surface area is 200 Å². The Hall–Kier alpha value is -3.23. The number of carbonyl (C=O) groups excluding carboxylic acids is 3. The molecule has 8 nitrogen and oxygen atoms in total. The Kier molecular flexibility index (Phi) is 7.00.